The van der Waals surface area contributed by atoms with E-state index in [0.29, 0.717) is 5.56 Å². The molecule has 0 saturated carbocycles. The number of non-ortho nitro benzene ring substituents is 1. The molecule has 0 radical (unpaired) electrons. The van der Waals surface area contributed by atoms with Gasteiger partial charge in [-0.05, 0) is 30.3 Å². The monoisotopic (exact) mass is 338 g/mol. The van der Waals surface area contributed by atoms with Gasteiger partial charge in [0.05, 0.1) is 10.5 Å². The third kappa shape index (κ3) is 4.55. The highest BCUT2D eigenvalue weighted by molar-refractivity contribution is 5.96. The van der Waals surface area contributed by atoms with E-state index in [1.807, 2.05) is 0 Å². The van der Waals surface area contributed by atoms with E-state index in [0.717, 1.165) is 12.1 Å². The molecule has 126 valence electrons. The predicted molar refractivity (Wildman–Crippen MR) is 82.0 cm³/mol. The number of carbonyl (C=O) groups is 1. The van der Waals surface area contributed by atoms with Gasteiger partial charge in [0.15, 0.2) is 5.78 Å². The van der Waals surface area contributed by atoms with Gasteiger partial charge in [0.2, 0.25) is 0 Å². The number of halogens is 3. The SMILES string of the molecule is O=C(CCNc1cccc(C(F)(F)F)c1)c1ccc([N+](=O)[O-])cc1. The van der Waals surface area contributed by atoms with Gasteiger partial charge in [0.1, 0.15) is 0 Å². The first-order valence-electron chi connectivity index (χ1n) is 6.96. The van der Waals surface area contributed by atoms with E-state index in [2.05, 4.69) is 5.32 Å². The molecule has 0 aliphatic heterocycles. The number of nitro groups is 1. The van der Waals surface area contributed by atoms with Crippen LogP contribution in [0.1, 0.15) is 22.3 Å². The third-order valence-corrected chi connectivity index (χ3v) is 3.27. The van der Waals surface area contributed by atoms with Crippen molar-refractivity contribution in [3.63, 3.8) is 0 Å². The lowest BCUT2D eigenvalue weighted by atomic mass is 10.1. The van der Waals surface area contributed by atoms with Gasteiger partial charge in [-0.15, -0.1) is 0 Å². The summed E-state index contributed by atoms with van der Waals surface area (Å²) in [5.74, 6) is -0.260. The Morgan fingerprint density at radius 2 is 1.79 bits per heavy atom. The van der Waals surface area contributed by atoms with Crippen molar-refractivity contribution >= 4 is 17.2 Å². The zero-order valence-electron chi connectivity index (χ0n) is 12.3. The van der Waals surface area contributed by atoms with Crippen LogP contribution in [0.15, 0.2) is 48.5 Å². The smallest absolute Gasteiger partial charge is 0.385 e. The summed E-state index contributed by atoms with van der Waals surface area (Å²) >= 11 is 0. The normalized spacial score (nSPS) is 11.1. The maximum absolute atomic E-state index is 12.6. The van der Waals surface area contributed by atoms with Crippen LogP contribution in [0.5, 0.6) is 0 Å². The summed E-state index contributed by atoms with van der Waals surface area (Å²) in [5.41, 5.74) is -0.310. The van der Waals surface area contributed by atoms with Crippen LogP contribution in [0.3, 0.4) is 0 Å². The molecule has 8 heteroatoms. The second-order valence-corrected chi connectivity index (χ2v) is 4.98. The number of hydrogen-bond acceptors (Lipinski definition) is 4. The molecule has 0 bridgehead atoms. The second-order valence-electron chi connectivity index (χ2n) is 4.98. The lowest BCUT2D eigenvalue weighted by Crippen LogP contribution is -2.10. The number of carbonyl (C=O) groups excluding carboxylic acids is 1. The van der Waals surface area contributed by atoms with Crippen molar-refractivity contribution in [2.75, 3.05) is 11.9 Å². The molecule has 0 amide bonds. The molecule has 0 saturated heterocycles. The molecule has 0 aromatic heterocycles. The minimum Gasteiger partial charge on any atom is -0.385 e. The molecule has 24 heavy (non-hydrogen) atoms. The molecule has 0 spiro atoms. The first-order chi connectivity index (χ1) is 11.3. The summed E-state index contributed by atoms with van der Waals surface area (Å²) in [4.78, 5) is 21.9. The standard InChI is InChI=1S/C16H13F3N2O3/c17-16(18,19)12-2-1-3-13(10-12)20-9-8-15(22)11-4-6-14(7-5-11)21(23)24/h1-7,10,20H,8-9H2. The minimum absolute atomic E-state index is 0.0497. The summed E-state index contributed by atoms with van der Waals surface area (Å²) < 4.78 is 37.8. The lowest BCUT2D eigenvalue weighted by Gasteiger charge is -2.10. The predicted octanol–water partition coefficient (Wildman–Crippen LogP) is 4.30. The number of anilines is 1. The molecule has 0 aliphatic rings. The Hall–Kier alpha value is -2.90. The Morgan fingerprint density at radius 1 is 1.12 bits per heavy atom. The number of nitro benzene ring substituents is 1. The van der Waals surface area contributed by atoms with Crippen LogP contribution in [0.2, 0.25) is 0 Å². The van der Waals surface area contributed by atoms with Gasteiger partial charge < -0.3 is 5.32 Å². The number of benzene rings is 2. The average Bonchev–Trinajstić information content (AvgIpc) is 2.54. The van der Waals surface area contributed by atoms with Gasteiger partial charge >= 0.3 is 6.18 Å². The summed E-state index contributed by atoms with van der Waals surface area (Å²) in [5, 5.41) is 13.3. The highest BCUT2D eigenvalue weighted by Gasteiger charge is 2.30. The molecule has 0 heterocycles. The van der Waals surface area contributed by atoms with Crippen molar-refractivity contribution in [1.29, 1.82) is 0 Å². The fourth-order valence-corrected chi connectivity index (χ4v) is 2.04. The number of ketones is 1. The molecular formula is C16H13F3N2O3. The molecule has 1 N–H and O–H groups in total. The number of Topliss-reactive ketones (excluding diaryl/α,β-unsaturated/α-hetero) is 1. The fourth-order valence-electron chi connectivity index (χ4n) is 2.04. The molecule has 0 fully saturated rings. The topological polar surface area (TPSA) is 72.2 Å². The Bertz CT molecular complexity index is 743. The molecule has 2 aromatic carbocycles. The van der Waals surface area contributed by atoms with Crippen molar-refractivity contribution < 1.29 is 22.9 Å². The van der Waals surface area contributed by atoms with Crippen LogP contribution in [0.4, 0.5) is 24.5 Å². The average molecular weight is 338 g/mol. The number of nitrogens with zero attached hydrogens (tertiary/aromatic N) is 1. The summed E-state index contributed by atoms with van der Waals surface area (Å²) in [7, 11) is 0. The molecule has 2 rings (SSSR count). The van der Waals surface area contributed by atoms with Crippen LogP contribution in [0.25, 0.3) is 0 Å². The third-order valence-electron chi connectivity index (χ3n) is 3.27. The van der Waals surface area contributed by atoms with Crippen LogP contribution in [-0.4, -0.2) is 17.3 Å². The number of nitrogens with one attached hydrogen (secondary N) is 1. The molecule has 0 aliphatic carbocycles. The van der Waals surface area contributed by atoms with E-state index in [4.69, 9.17) is 0 Å². The summed E-state index contributed by atoms with van der Waals surface area (Å²) in [6, 6.07) is 9.86. The second kappa shape index (κ2) is 7.12. The lowest BCUT2D eigenvalue weighted by molar-refractivity contribution is -0.384. The van der Waals surface area contributed by atoms with E-state index in [9.17, 15) is 28.1 Å². The Labute approximate surface area is 135 Å². The van der Waals surface area contributed by atoms with Crippen LogP contribution in [0, 0.1) is 10.1 Å². The zero-order valence-corrected chi connectivity index (χ0v) is 12.3. The van der Waals surface area contributed by atoms with Gasteiger partial charge in [0, 0.05) is 36.3 Å². The van der Waals surface area contributed by atoms with E-state index >= 15 is 0 Å². The Kier molecular flexibility index (Phi) is 5.18. The highest BCUT2D eigenvalue weighted by Crippen LogP contribution is 2.30. The van der Waals surface area contributed by atoms with Crippen molar-refractivity contribution in [2.24, 2.45) is 0 Å². The molecule has 2 aromatic rings. The summed E-state index contributed by atoms with van der Waals surface area (Å²) in [6.07, 6.45) is -4.37. The van der Waals surface area contributed by atoms with Gasteiger partial charge in [-0.1, -0.05) is 6.07 Å². The van der Waals surface area contributed by atoms with E-state index < -0.39 is 16.7 Å². The quantitative estimate of drug-likeness (QED) is 0.484. The van der Waals surface area contributed by atoms with Crippen molar-refractivity contribution in [3.05, 3.63) is 69.8 Å². The maximum atomic E-state index is 12.6. The number of hydrogen-bond donors (Lipinski definition) is 1. The Morgan fingerprint density at radius 3 is 2.38 bits per heavy atom. The van der Waals surface area contributed by atoms with E-state index in [-0.39, 0.29) is 30.1 Å². The first kappa shape index (κ1) is 17.5. The Balaban J connectivity index is 1.92. The fraction of sp³-hybridized carbons (Fsp3) is 0.188. The minimum atomic E-state index is -4.42. The molecule has 0 atom stereocenters. The first-order valence-corrected chi connectivity index (χ1v) is 6.96. The van der Waals surface area contributed by atoms with Crippen molar-refractivity contribution in [1.82, 2.24) is 0 Å². The van der Waals surface area contributed by atoms with E-state index in [1.165, 1.54) is 36.4 Å². The van der Waals surface area contributed by atoms with Crippen LogP contribution >= 0.6 is 0 Å². The molecule has 5 nitrogen and oxygen atoms in total. The number of alkyl halides is 3. The van der Waals surface area contributed by atoms with Gasteiger partial charge in [-0.25, -0.2) is 0 Å². The van der Waals surface area contributed by atoms with E-state index in [1.54, 1.807) is 0 Å². The maximum Gasteiger partial charge on any atom is 0.416 e. The molecular weight excluding hydrogens is 325 g/mol. The molecule has 0 unspecified atom stereocenters. The highest BCUT2D eigenvalue weighted by atomic mass is 19.4. The van der Waals surface area contributed by atoms with Gasteiger partial charge in [-0.3, -0.25) is 14.9 Å². The summed E-state index contributed by atoms with van der Waals surface area (Å²) in [6.45, 7) is 0.150. The van der Waals surface area contributed by atoms with Crippen molar-refractivity contribution in [3.8, 4) is 0 Å². The van der Waals surface area contributed by atoms with Gasteiger partial charge in [-0.2, -0.15) is 13.2 Å². The van der Waals surface area contributed by atoms with Crippen LogP contribution in [-0.2, 0) is 6.18 Å². The van der Waals surface area contributed by atoms with Gasteiger partial charge in [0.25, 0.3) is 5.69 Å². The van der Waals surface area contributed by atoms with Crippen molar-refractivity contribution in [2.45, 2.75) is 12.6 Å². The largest absolute Gasteiger partial charge is 0.416 e. The zero-order chi connectivity index (χ0) is 17.7. The van der Waals surface area contributed by atoms with Crippen LogP contribution < -0.4 is 5.32 Å². The number of rotatable bonds is 6.